The third-order valence-electron chi connectivity index (χ3n) is 6.49. The smallest absolute Gasteiger partial charge is 0.300 e. The molecule has 0 aromatic heterocycles. The first-order chi connectivity index (χ1) is 17.6. The van der Waals surface area contributed by atoms with Gasteiger partial charge in [-0.2, -0.15) is 0 Å². The Balaban J connectivity index is 1.97. The number of ketones is 1. The van der Waals surface area contributed by atoms with Gasteiger partial charge in [0.2, 0.25) is 0 Å². The molecule has 6 nitrogen and oxygen atoms in total. The van der Waals surface area contributed by atoms with E-state index in [-0.39, 0.29) is 16.7 Å². The molecule has 1 fully saturated rings. The number of amides is 1. The number of hydrogen-bond acceptors (Lipinski definition) is 5. The third kappa shape index (κ3) is 4.96. The number of benzene rings is 3. The fourth-order valence-corrected chi connectivity index (χ4v) is 4.73. The molecule has 3 aromatic carbocycles. The van der Waals surface area contributed by atoms with Crippen LogP contribution in [0, 0.1) is 6.92 Å². The van der Waals surface area contributed by atoms with E-state index in [0.717, 1.165) is 11.1 Å². The van der Waals surface area contributed by atoms with E-state index >= 15 is 0 Å². The Hall–Kier alpha value is -4.06. The van der Waals surface area contributed by atoms with Gasteiger partial charge in [-0.3, -0.25) is 14.5 Å². The first-order valence-corrected chi connectivity index (χ1v) is 12.4. The fraction of sp³-hybridized carbons (Fsp3) is 0.290. The van der Waals surface area contributed by atoms with E-state index < -0.39 is 17.7 Å². The first kappa shape index (κ1) is 26.0. The molecule has 1 heterocycles. The van der Waals surface area contributed by atoms with Crippen LogP contribution >= 0.6 is 0 Å². The molecule has 1 unspecified atom stereocenters. The van der Waals surface area contributed by atoms with Crippen molar-refractivity contribution < 1.29 is 24.2 Å². The van der Waals surface area contributed by atoms with Crippen LogP contribution in [0.1, 0.15) is 56.0 Å². The van der Waals surface area contributed by atoms with E-state index in [9.17, 15) is 14.7 Å². The highest BCUT2D eigenvalue weighted by atomic mass is 16.5. The average Bonchev–Trinajstić information content (AvgIpc) is 3.13. The molecule has 0 spiro atoms. The van der Waals surface area contributed by atoms with Gasteiger partial charge in [-0.15, -0.1) is 0 Å². The summed E-state index contributed by atoms with van der Waals surface area (Å²) in [5.41, 5.74) is 3.27. The SMILES string of the molecule is CCOc1cccc(C2/C(=C(\O)c3ccc(OC)c(C(C)(C)C)c3)C(=O)C(=O)N2c2cccc(C)c2)c1. The Labute approximate surface area is 218 Å². The Morgan fingerprint density at radius 1 is 1.00 bits per heavy atom. The minimum Gasteiger partial charge on any atom is -0.507 e. The molecule has 0 aliphatic carbocycles. The number of Topliss-reactive ketones (excluding diaryl/α,β-unsaturated/α-hetero) is 1. The van der Waals surface area contributed by atoms with Gasteiger partial charge in [0.15, 0.2) is 0 Å². The molecule has 4 rings (SSSR count). The van der Waals surface area contributed by atoms with Gasteiger partial charge in [-0.25, -0.2) is 0 Å². The van der Waals surface area contributed by atoms with E-state index in [1.165, 1.54) is 4.90 Å². The number of anilines is 1. The Morgan fingerprint density at radius 2 is 1.73 bits per heavy atom. The summed E-state index contributed by atoms with van der Waals surface area (Å²) in [5, 5.41) is 11.6. The molecule has 0 bridgehead atoms. The van der Waals surface area contributed by atoms with Crippen LogP contribution in [0.2, 0.25) is 0 Å². The minimum absolute atomic E-state index is 0.0326. The van der Waals surface area contributed by atoms with Gasteiger partial charge in [-0.05, 0) is 72.9 Å². The summed E-state index contributed by atoms with van der Waals surface area (Å²) in [6, 6.07) is 19.2. The maximum absolute atomic E-state index is 13.5. The largest absolute Gasteiger partial charge is 0.507 e. The second-order valence-corrected chi connectivity index (χ2v) is 10.2. The molecule has 1 N–H and O–H groups in total. The zero-order chi connectivity index (χ0) is 26.9. The normalized spacial score (nSPS) is 17.2. The van der Waals surface area contributed by atoms with E-state index in [0.29, 0.717) is 34.9 Å². The molecule has 1 atom stereocenters. The number of carbonyl (C=O) groups is 2. The molecule has 192 valence electrons. The predicted molar refractivity (Wildman–Crippen MR) is 145 cm³/mol. The van der Waals surface area contributed by atoms with Crippen molar-refractivity contribution in [1.29, 1.82) is 0 Å². The van der Waals surface area contributed by atoms with Crippen LogP contribution < -0.4 is 14.4 Å². The van der Waals surface area contributed by atoms with Gasteiger partial charge in [0, 0.05) is 16.8 Å². The van der Waals surface area contributed by atoms with Crippen molar-refractivity contribution in [2.45, 2.75) is 46.1 Å². The Morgan fingerprint density at radius 3 is 2.38 bits per heavy atom. The third-order valence-corrected chi connectivity index (χ3v) is 6.49. The van der Waals surface area contributed by atoms with E-state index in [2.05, 4.69) is 0 Å². The summed E-state index contributed by atoms with van der Waals surface area (Å²) in [7, 11) is 1.60. The van der Waals surface area contributed by atoms with Gasteiger partial charge in [-0.1, -0.05) is 45.0 Å². The molecule has 1 aliphatic heterocycles. The number of carbonyl (C=O) groups excluding carboxylic acids is 2. The van der Waals surface area contributed by atoms with Gasteiger partial charge in [0.25, 0.3) is 11.7 Å². The van der Waals surface area contributed by atoms with Crippen molar-refractivity contribution in [1.82, 2.24) is 0 Å². The van der Waals surface area contributed by atoms with Crippen LogP contribution in [0.25, 0.3) is 5.76 Å². The lowest BCUT2D eigenvalue weighted by Crippen LogP contribution is -2.29. The number of ether oxygens (including phenoxy) is 2. The van der Waals surface area contributed by atoms with Crippen LogP contribution in [0.15, 0.2) is 72.3 Å². The molecular weight excluding hydrogens is 466 g/mol. The molecule has 1 aliphatic rings. The topological polar surface area (TPSA) is 76.1 Å². The van der Waals surface area contributed by atoms with Crippen molar-refractivity contribution >= 4 is 23.1 Å². The zero-order valence-corrected chi connectivity index (χ0v) is 22.2. The second kappa shape index (κ2) is 10.1. The van der Waals surface area contributed by atoms with Crippen LogP contribution in [0.5, 0.6) is 11.5 Å². The number of methoxy groups -OCH3 is 1. The lowest BCUT2D eigenvalue weighted by atomic mass is 9.84. The highest BCUT2D eigenvalue weighted by molar-refractivity contribution is 6.51. The maximum Gasteiger partial charge on any atom is 0.300 e. The molecule has 0 saturated carbocycles. The van der Waals surface area contributed by atoms with E-state index in [1.54, 1.807) is 25.3 Å². The van der Waals surface area contributed by atoms with Crippen molar-refractivity contribution in [3.8, 4) is 11.5 Å². The molecule has 6 heteroatoms. The maximum atomic E-state index is 13.5. The quantitative estimate of drug-likeness (QED) is 0.244. The van der Waals surface area contributed by atoms with Gasteiger partial charge < -0.3 is 14.6 Å². The monoisotopic (exact) mass is 499 g/mol. The molecule has 0 radical (unpaired) electrons. The molecule has 1 amide bonds. The summed E-state index contributed by atoms with van der Waals surface area (Å²) in [6.07, 6.45) is 0. The number of rotatable bonds is 6. The predicted octanol–water partition coefficient (Wildman–Crippen LogP) is 6.33. The molecule has 3 aromatic rings. The summed E-state index contributed by atoms with van der Waals surface area (Å²) in [4.78, 5) is 28.4. The first-order valence-electron chi connectivity index (χ1n) is 12.4. The fourth-order valence-electron chi connectivity index (χ4n) is 4.73. The summed E-state index contributed by atoms with van der Waals surface area (Å²) < 4.78 is 11.2. The lowest BCUT2D eigenvalue weighted by molar-refractivity contribution is -0.132. The zero-order valence-electron chi connectivity index (χ0n) is 22.2. The molecule has 37 heavy (non-hydrogen) atoms. The lowest BCUT2D eigenvalue weighted by Gasteiger charge is -2.26. The van der Waals surface area contributed by atoms with Crippen molar-refractivity contribution in [2.24, 2.45) is 0 Å². The highest BCUT2D eigenvalue weighted by Gasteiger charge is 2.47. The van der Waals surface area contributed by atoms with Crippen molar-refractivity contribution in [3.63, 3.8) is 0 Å². The number of aliphatic hydroxyl groups excluding tert-OH is 1. The van der Waals surface area contributed by atoms with Crippen LogP contribution in [0.4, 0.5) is 5.69 Å². The van der Waals surface area contributed by atoms with E-state index in [4.69, 9.17) is 9.47 Å². The molecular formula is C31H33NO5. The number of aryl methyl sites for hydroxylation is 1. The minimum atomic E-state index is -0.831. The van der Waals surface area contributed by atoms with Crippen LogP contribution in [-0.2, 0) is 15.0 Å². The number of hydrogen-bond donors (Lipinski definition) is 1. The Kier molecular flexibility index (Phi) is 7.12. The van der Waals surface area contributed by atoms with Crippen molar-refractivity contribution in [3.05, 3.63) is 94.6 Å². The van der Waals surface area contributed by atoms with Crippen LogP contribution in [0.3, 0.4) is 0 Å². The Bertz CT molecular complexity index is 1380. The standard InChI is InChI=1S/C31H33NO5/c1-7-37-23-13-9-11-20(17-23)27-26(29(34)30(35)32(27)22-12-8-10-19(2)16-22)28(33)21-14-15-25(36-6)24(18-21)31(3,4)5/h8-18,27,33H,7H2,1-6H3/b28-26+. The van der Waals surface area contributed by atoms with Crippen molar-refractivity contribution in [2.75, 3.05) is 18.6 Å². The summed E-state index contributed by atoms with van der Waals surface area (Å²) in [5.74, 6) is -0.351. The molecule has 1 saturated heterocycles. The van der Waals surface area contributed by atoms with Gasteiger partial charge in [0.05, 0.1) is 25.3 Å². The number of aliphatic hydroxyl groups is 1. The van der Waals surface area contributed by atoms with Gasteiger partial charge >= 0.3 is 0 Å². The summed E-state index contributed by atoms with van der Waals surface area (Å²) >= 11 is 0. The summed E-state index contributed by atoms with van der Waals surface area (Å²) in [6.45, 7) is 10.4. The number of nitrogens with zero attached hydrogens (tertiary/aromatic N) is 1. The van der Waals surface area contributed by atoms with Crippen LogP contribution in [-0.4, -0.2) is 30.5 Å². The van der Waals surface area contributed by atoms with E-state index in [1.807, 2.05) is 83.1 Å². The second-order valence-electron chi connectivity index (χ2n) is 10.2. The van der Waals surface area contributed by atoms with Gasteiger partial charge in [0.1, 0.15) is 17.3 Å². The highest BCUT2D eigenvalue weighted by Crippen LogP contribution is 2.44. The average molecular weight is 500 g/mol.